The van der Waals surface area contributed by atoms with Crippen LogP contribution in [0.25, 0.3) is 0 Å². The number of nitrogens with one attached hydrogen (secondary N) is 1. The van der Waals surface area contributed by atoms with Crippen molar-refractivity contribution in [2.45, 2.75) is 18.6 Å². The Morgan fingerprint density at radius 1 is 1.75 bits per heavy atom. The van der Waals surface area contributed by atoms with Crippen molar-refractivity contribution in [3.8, 4) is 12.3 Å². The highest BCUT2D eigenvalue weighted by molar-refractivity contribution is 5.03. The zero-order valence-corrected chi connectivity index (χ0v) is 4.59. The fourth-order valence-corrected chi connectivity index (χ4v) is 0.844. The molecule has 0 aromatic rings. The summed E-state index contributed by atoms with van der Waals surface area (Å²) >= 11 is 0. The second-order valence-electron chi connectivity index (χ2n) is 2.02. The lowest BCUT2D eigenvalue weighted by Gasteiger charge is -1.95. The highest BCUT2D eigenvalue weighted by Gasteiger charge is 2.18. The molecule has 44 valence electrons. The van der Waals surface area contributed by atoms with Crippen LogP contribution in [0.2, 0.25) is 0 Å². The number of hydrogen-bond donors (Lipinski definition) is 2. The van der Waals surface area contributed by atoms with E-state index in [0.29, 0.717) is 13.0 Å². The molecule has 0 aromatic carbocycles. The summed E-state index contributed by atoms with van der Waals surface area (Å²) in [5, 5.41) is 11.8. The highest BCUT2D eigenvalue weighted by Crippen LogP contribution is 2.03. The van der Waals surface area contributed by atoms with Crippen molar-refractivity contribution in [3.05, 3.63) is 0 Å². The van der Waals surface area contributed by atoms with Crippen molar-refractivity contribution in [2.75, 3.05) is 6.54 Å². The molecule has 0 amide bonds. The molecular formula is C6H9NO. The smallest absolute Gasteiger partial charge is 0.0713 e. The molecule has 0 radical (unpaired) electrons. The first-order valence-corrected chi connectivity index (χ1v) is 2.70. The molecular weight excluding hydrogens is 102 g/mol. The number of aliphatic hydroxyl groups is 1. The van der Waals surface area contributed by atoms with E-state index in [1.807, 2.05) is 0 Å². The SMILES string of the molecule is C#C[C@@H]1C[C@H](O)CN1. The van der Waals surface area contributed by atoms with Gasteiger partial charge in [-0.2, -0.15) is 0 Å². The second-order valence-corrected chi connectivity index (χ2v) is 2.02. The van der Waals surface area contributed by atoms with Gasteiger partial charge in [0.1, 0.15) is 0 Å². The minimum absolute atomic E-state index is 0.102. The summed E-state index contributed by atoms with van der Waals surface area (Å²) in [6, 6.07) is 0.102. The number of β-amino-alcohol motifs (C(OH)–C–C–N with tert-alkyl or cyclic N) is 1. The molecule has 0 saturated carbocycles. The average Bonchev–Trinajstić information content (AvgIpc) is 2.14. The third kappa shape index (κ3) is 1.00. The molecule has 1 rings (SSSR count). The van der Waals surface area contributed by atoms with E-state index >= 15 is 0 Å². The Hall–Kier alpha value is -0.520. The Labute approximate surface area is 48.9 Å². The Bertz CT molecular complexity index is 116. The van der Waals surface area contributed by atoms with Gasteiger partial charge >= 0.3 is 0 Å². The van der Waals surface area contributed by atoms with E-state index in [2.05, 4.69) is 11.2 Å². The first-order chi connectivity index (χ1) is 3.83. The van der Waals surface area contributed by atoms with Gasteiger partial charge in [-0.1, -0.05) is 5.92 Å². The molecule has 0 spiro atoms. The van der Waals surface area contributed by atoms with Gasteiger partial charge in [-0.3, -0.25) is 0 Å². The Morgan fingerprint density at radius 3 is 2.75 bits per heavy atom. The van der Waals surface area contributed by atoms with Gasteiger partial charge in [0.05, 0.1) is 12.1 Å². The lowest BCUT2D eigenvalue weighted by Crippen LogP contribution is -2.19. The number of terminal acetylenes is 1. The summed E-state index contributed by atoms with van der Waals surface area (Å²) in [6.45, 7) is 0.648. The molecule has 1 heterocycles. The zero-order chi connectivity index (χ0) is 5.98. The molecule has 1 aliphatic rings. The van der Waals surface area contributed by atoms with Gasteiger partial charge < -0.3 is 10.4 Å². The quantitative estimate of drug-likeness (QED) is 0.407. The van der Waals surface area contributed by atoms with Crippen LogP contribution in [-0.2, 0) is 0 Å². The predicted octanol–water partition coefficient (Wildman–Crippen LogP) is -0.658. The van der Waals surface area contributed by atoms with Crippen LogP contribution in [0.3, 0.4) is 0 Å². The Morgan fingerprint density at radius 2 is 2.50 bits per heavy atom. The second kappa shape index (κ2) is 2.17. The molecule has 1 aliphatic heterocycles. The predicted molar refractivity (Wildman–Crippen MR) is 31.2 cm³/mol. The average molecular weight is 111 g/mol. The van der Waals surface area contributed by atoms with Crippen LogP contribution >= 0.6 is 0 Å². The first-order valence-electron chi connectivity index (χ1n) is 2.70. The molecule has 2 nitrogen and oxygen atoms in total. The van der Waals surface area contributed by atoms with E-state index in [1.165, 1.54) is 0 Å². The van der Waals surface area contributed by atoms with Crippen molar-refractivity contribution in [1.82, 2.24) is 5.32 Å². The fraction of sp³-hybridized carbons (Fsp3) is 0.667. The lowest BCUT2D eigenvalue weighted by molar-refractivity contribution is 0.195. The van der Waals surface area contributed by atoms with E-state index in [0.717, 1.165) is 0 Å². The van der Waals surface area contributed by atoms with Crippen LogP contribution in [0.5, 0.6) is 0 Å². The standard InChI is InChI=1S/C6H9NO/c1-2-5-3-6(8)4-7-5/h1,5-8H,3-4H2/t5-,6+/m1/s1. The highest BCUT2D eigenvalue weighted by atomic mass is 16.3. The van der Waals surface area contributed by atoms with Crippen molar-refractivity contribution < 1.29 is 5.11 Å². The van der Waals surface area contributed by atoms with Crippen molar-refractivity contribution >= 4 is 0 Å². The summed E-state index contributed by atoms with van der Waals surface area (Å²) in [6.07, 6.45) is 5.55. The zero-order valence-electron chi connectivity index (χ0n) is 4.59. The third-order valence-corrected chi connectivity index (χ3v) is 1.31. The number of rotatable bonds is 0. The van der Waals surface area contributed by atoms with Gasteiger partial charge in [0, 0.05) is 13.0 Å². The monoisotopic (exact) mass is 111 g/mol. The molecule has 1 saturated heterocycles. The Kier molecular flexibility index (Phi) is 1.52. The first kappa shape index (κ1) is 5.61. The fourth-order valence-electron chi connectivity index (χ4n) is 0.844. The van der Waals surface area contributed by atoms with Gasteiger partial charge in [0.2, 0.25) is 0 Å². The molecule has 8 heavy (non-hydrogen) atoms. The maximum atomic E-state index is 8.87. The van der Waals surface area contributed by atoms with E-state index in [1.54, 1.807) is 0 Å². The van der Waals surface area contributed by atoms with Gasteiger partial charge in [0.25, 0.3) is 0 Å². The van der Waals surface area contributed by atoms with Crippen molar-refractivity contribution in [3.63, 3.8) is 0 Å². The minimum Gasteiger partial charge on any atom is -0.392 e. The summed E-state index contributed by atoms with van der Waals surface area (Å²) in [5.41, 5.74) is 0. The lowest BCUT2D eigenvalue weighted by atomic mass is 10.2. The van der Waals surface area contributed by atoms with Crippen molar-refractivity contribution in [2.24, 2.45) is 0 Å². The molecule has 0 aliphatic carbocycles. The van der Waals surface area contributed by atoms with E-state index in [4.69, 9.17) is 11.5 Å². The molecule has 0 bridgehead atoms. The van der Waals surface area contributed by atoms with Gasteiger partial charge in [0.15, 0.2) is 0 Å². The van der Waals surface area contributed by atoms with Crippen LogP contribution in [0.15, 0.2) is 0 Å². The molecule has 0 unspecified atom stereocenters. The van der Waals surface area contributed by atoms with Gasteiger partial charge in [-0.15, -0.1) is 6.42 Å². The molecule has 2 N–H and O–H groups in total. The van der Waals surface area contributed by atoms with Crippen molar-refractivity contribution in [1.29, 1.82) is 0 Å². The molecule has 0 aromatic heterocycles. The summed E-state index contributed by atoms with van der Waals surface area (Å²) in [4.78, 5) is 0. The number of hydrogen-bond acceptors (Lipinski definition) is 2. The van der Waals surface area contributed by atoms with Crippen LogP contribution in [0.4, 0.5) is 0 Å². The van der Waals surface area contributed by atoms with Crippen LogP contribution < -0.4 is 5.32 Å². The molecule has 2 heteroatoms. The summed E-state index contributed by atoms with van der Waals surface area (Å²) < 4.78 is 0. The largest absolute Gasteiger partial charge is 0.392 e. The van der Waals surface area contributed by atoms with E-state index in [-0.39, 0.29) is 12.1 Å². The molecule has 1 fully saturated rings. The van der Waals surface area contributed by atoms with Crippen LogP contribution in [0, 0.1) is 12.3 Å². The summed E-state index contributed by atoms with van der Waals surface area (Å²) in [7, 11) is 0. The molecule has 2 atom stereocenters. The third-order valence-electron chi connectivity index (χ3n) is 1.31. The maximum Gasteiger partial charge on any atom is 0.0713 e. The van der Waals surface area contributed by atoms with Gasteiger partial charge in [-0.05, 0) is 0 Å². The summed E-state index contributed by atoms with van der Waals surface area (Å²) in [5.74, 6) is 2.52. The topological polar surface area (TPSA) is 32.3 Å². The number of aliphatic hydroxyl groups excluding tert-OH is 1. The van der Waals surface area contributed by atoms with Crippen LogP contribution in [0.1, 0.15) is 6.42 Å². The Balaban J connectivity index is 2.35. The maximum absolute atomic E-state index is 8.87. The van der Waals surface area contributed by atoms with E-state index < -0.39 is 0 Å². The normalized spacial score (nSPS) is 37.0. The van der Waals surface area contributed by atoms with Gasteiger partial charge in [-0.25, -0.2) is 0 Å². The minimum atomic E-state index is -0.226. The van der Waals surface area contributed by atoms with E-state index in [9.17, 15) is 0 Å². The van der Waals surface area contributed by atoms with Crippen LogP contribution in [-0.4, -0.2) is 23.8 Å².